The van der Waals surface area contributed by atoms with Gasteiger partial charge in [0.2, 0.25) is 10.0 Å². The van der Waals surface area contributed by atoms with E-state index in [1.807, 2.05) is 30.3 Å². The Balaban J connectivity index is 1.79. The summed E-state index contributed by atoms with van der Waals surface area (Å²) in [6.07, 6.45) is 2.72. The van der Waals surface area contributed by atoms with Crippen LogP contribution < -0.4 is 4.72 Å². The molecule has 25 heavy (non-hydrogen) atoms. The second-order valence-corrected chi connectivity index (χ2v) is 8.06. The third kappa shape index (κ3) is 4.08. The molecule has 0 aromatic heterocycles. The molecule has 1 saturated carbocycles. The molecule has 0 saturated heterocycles. The average molecular weight is 359 g/mol. The summed E-state index contributed by atoms with van der Waals surface area (Å²) in [4.78, 5) is 11.5. The summed E-state index contributed by atoms with van der Waals surface area (Å²) < 4.78 is 27.8. The van der Waals surface area contributed by atoms with E-state index in [1.165, 1.54) is 0 Å². The fourth-order valence-corrected chi connectivity index (χ4v) is 4.60. The van der Waals surface area contributed by atoms with Crippen molar-refractivity contribution in [3.63, 3.8) is 0 Å². The number of sulfonamides is 1. The highest BCUT2D eigenvalue weighted by molar-refractivity contribution is 7.89. The number of rotatable bonds is 5. The number of nitrogens with one attached hydrogen (secondary N) is 1. The molecule has 1 fully saturated rings. The second-order valence-electron chi connectivity index (χ2n) is 6.35. The highest BCUT2D eigenvalue weighted by Gasteiger charge is 2.33. The minimum absolute atomic E-state index is 0.155. The van der Waals surface area contributed by atoms with Crippen LogP contribution in [0.4, 0.5) is 0 Å². The van der Waals surface area contributed by atoms with E-state index in [9.17, 15) is 18.3 Å². The van der Waals surface area contributed by atoms with Crippen molar-refractivity contribution in [2.45, 2.75) is 36.6 Å². The van der Waals surface area contributed by atoms with E-state index < -0.39 is 28.0 Å². The minimum Gasteiger partial charge on any atom is -0.481 e. The lowest BCUT2D eigenvalue weighted by Gasteiger charge is -2.29. The smallest absolute Gasteiger partial charge is 0.308 e. The SMILES string of the molecule is O=C(O)C1CCCCC1NS(=O)(=O)c1ccc(-c2ccccc2)cc1. The zero-order valence-corrected chi connectivity index (χ0v) is 14.6. The van der Waals surface area contributed by atoms with Crippen LogP contribution in [0.3, 0.4) is 0 Å². The van der Waals surface area contributed by atoms with Crippen molar-refractivity contribution in [1.29, 1.82) is 0 Å². The first-order chi connectivity index (χ1) is 12.0. The van der Waals surface area contributed by atoms with Gasteiger partial charge in [-0.3, -0.25) is 4.79 Å². The molecule has 1 aliphatic rings. The molecule has 6 heteroatoms. The summed E-state index contributed by atoms with van der Waals surface area (Å²) in [5.41, 5.74) is 1.94. The molecule has 2 aromatic carbocycles. The molecule has 2 atom stereocenters. The Labute approximate surface area is 147 Å². The van der Waals surface area contributed by atoms with Gasteiger partial charge in [-0.05, 0) is 36.1 Å². The molecule has 2 unspecified atom stereocenters. The highest BCUT2D eigenvalue weighted by Crippen LogP contribution is 2.27. The number of carbonyl (C=O) groups is 1. The van der Waals surface area contributed by atoms with Gasteiger partial charge in [-0.2, -0.15) is 0 Å². The van der Waals surface area contributed by atoms with Crippen LogP contribution in [0.5, 0.6) is 0 Å². The largest absolute Gasteiger partial charge is 0.481 e. The van der Waals surface area contributed by atoms with Gasteiger partial charge in [0.25, 0.3) is 0 Å². The number of hydrogen-bond donors (Lipinski definition) is 2. The molecule has 0 spiro atoms. The number of benzene rings is 2. The van der Waals surface area contributed by atoms with E-state index in [2.05, 4.69) is 4.72 Å². The first-order valence-corrected chi connectivity index (χ1v) is 9.86. The number of carboxylic acid groups (broad SMARTS) is 1. The summed E-state index contributed by atoms with van der Waals surface area (Å²) in [5.74, 6) is -1.60. The number of aliphatic carboxylic acids is 1. The Bertz CT molecular complexity index is 831. The molecular weight excluding hydrogens is 338 g/mol. The fourth-order valence-electron chi connectivity index (χ4n) is 3.29. The molecule has 0 heterocycles. The van der Waals surface area contributed by atoms with Crippen LogP contribution in [0, 0.1) is 5.92 Å². The Kier molecular flexibility index (Phi) is 5.20. The Morgan fingerprint density at radius 2 is 1.52 bits per heavy atom. The Hall–Kier alpha value is -2.18. The maximum atomic E-state index is 12.6. The van der Waals surface area contributed by atoms with Gasteiger partial charge in [-0.25, -0.2) is 13.1 Å². The number of carboxylic acids is 1. The van der Waals surface area contributed by atoms with E-state index in [0.717, 1.165) is 24.0 Å². The third-order valence-corrected chi connectivity index (χ3v) is 6.17. The van der Waals surface area contributed by atoms with Gasteiger partial charge in [0, 0.05) is 6.04 Å². The summed E-state index contributed by atoms with van der Waals surface area (Å²) in [5, 5.41) is 9.30. The lowest BCUT2D eigenvalue weighted by atomic mass is 9.85. The molecule has 5 nitrogen and oxygen atoms in total. The number of hydrogen-bond acceptors (Lipinski definition) is 3. The van der Waals surface area contributed by atoms with Gasteiger partial charge < -0.3 is 5.11 Å². The van der Waals surface area contributed by atoms with Crippen LogP contribution in [-0.4, -0.2) is 25.5 Å². The van der Waals surface area contributed by atoms with Crippen molar-refractivity contribution in [3.05, 3.63) is 54.6 Å². The van der Waals surface area contributed by atoms with Gasteiger partial charge >= 0.3 is 5.97 Å². The lowest BCUT2D eigenvalue weighted by molar-refractivity contribution is -0.143. The first kappa shape index (κ1) is 17.6. The van der Waals surface area contributed by atoms with E-state index in [4.69, 9.17) is 0 Å². The predicted molar refractivity (Wildman–Crippen MR) is 95.6 cm³/mol. The van der Waals surface area contributed by atoms with Gasteiger partial charge in [0.1, 0.15) is 0 Å². The average Bonchev–Trinajstić information content (AvgIpc) is 2.62. The molecule has 132 valence electrons. The van der Waals surface area contributed by atoms with Gasteiger partial charge in [-0.1, -0.05) is 55.3 Å². The monoisotopic (exact) mass is 359 g/mol. The molecule has 2 N–H and O–H groups in total. The fraction of sp³-hybridized carbons (Fsp3) is 0.316. The zero-order chi connectivity index (χ0) is 17.9. The molecule has 0 aliphatic heterocycles. The van der Waals surface area contributed by atoms with E-state index in [1.54, 1.807) is 24.3 Å². The molecular formula is C19H21NO4S. The maximum absolute atomic E-state index is 12.6. The van der Waals surface area contributed by atoms with Crippen molar-refractivity contribution in [2.75, 3.05) is 0 Å². The zero-order valence-electron chi connectivity index (χ0n) is 13.8. The van der Waals surface area contributed by atoms with Crippen molar-refractivity contribution in [2.24, 2.45) is 5.92 Å². The van der Waals surface area contributed by atoms with Crippen molar-refractivity contribution in [3.8, 4) is 11.1 Å². The Morgan fingerprint density at radius 1 is 0.920 bits per heavy atom. The Morgan fingerprint density at radius 3 is 2.16 bits per heavy atom. The second kappa shape index (κ2) is 7.37. The molecule has 0 amide bonds. The van der Waals surface area contributed by atoms with E-state index >= 15 is 0 Å². The molecule has 3 rings (SSSR count). The molecule has 0 radical (unpaired) electrons. The summed E-state index contributed by atoms with van der Waals surface area (Å²) in [6, 6.07) is 15.8. The summed E-state index contributed by atoms with van der Waals surface area (Å²) in [7, 11) is -3.74. The quantitative estimate of drug-likeness (QED) is 0.858. The van der Waals surface area contributed by atoms with Crippen LogP contribution >= 0.6 is 0 Å². The molecule has 2 aromatic rings. The van der Waals surface area contributed by atoms with Crippen LogP contribution in [0.2, 0.25) is 0 Å². The van der Waals surface area contributed by atoms with Crippen LogP contribution in [0.25, 0.3) is 11.1 Å². The lowest BCUT2D eigenvalue weighted by Crippen LogP contribution is -2.44. The third-order valence-electron chi connectivity index (χ3n) is 4.66. The van der Waals surface area contributed by atoms with Crippen molar-refractivity contribution >= 4 is 16.0 Å². The van der Waals surface area contributed by atoms with Crippen molar-refractivity contribution < 1.29 is 18.3 Å². The summed E-state index contributed by atoms with van der Waals surface area (Å²) in [6.45, 7) is 0. The van der Waals surface area contributed by atoms with Crippen LogP contribution in [0.15, 0.2) is 59.5 Å². The highest BCUT2D eigenvalue weighted by atomic mass is 32.2. The molecule has 1 aliphatic carbocycles. The normalized spacial score (nSPS) is 21.0. The standard InChI is InChI=1S/C19H21NO4S/c21-19(22)17-8-4-5-9-18(17)20-25(23,24)16-12-10-15(11-13-16)14-6-2-1-3-7-14/h1-3,6-7,10-13,17-18,20H,4-5,8-9H2,(H,21,22). The maximum Gasteiger partial charge on any atom is 0.308 e. The van der Waals surface area contributed by atoms with Gasteiger partial charge in [0.05, 0.1) is 10.8 Å². The minimum atomic E-state index is -3.74. The van der Waals surface area contributed by atoms with Gasteiger partial charge in [-0.15, -0.1) is 0 Å². The predicted octanol–water partition coefficient (Wildman–Crippen LogP) is 3.28. The summed E-state index contributed by atoms with van der Waals surface area (Å²) >= 11 is 0. The van der Waals surface area contributed by atoms with Crippen LogP contribution in [0.1, 0.15) is 25.7 Å². The topological polar surface area (TPSA) is 83.5 Å². The van der Waals surface area contributed by atoms with Crippen molar-refractivity contribution in [1.82, 2.24) is 4.72 Å². The first-order valence-electron chi connectivity index (χ1n) is 8.38. The van der Waals surface area contributed by atoms with Crippen LogP contribution in [-0.2, 0) is 14.8 Å². The van der Waals surface area contributed by atoms with Gasteiger partial charge in [0.15, 0.2) is 0 Å². The van der Waals surface area contributed by atoms with E-state index in [0.29, 0.717) is 12.8 Å². The van der Waals surface area contributed by atoms with E-state index in [-0.39, 0.29) is 4.90 Å². The molecule has 0 bridgehead atoms.